The predicted molar refractivity (Wildman–Crippen MR) is 126 cm³/mol. The maximum atomic E-state index is 13.2. The predicted octanol–water partition coefficient (Wildman–Crippen LogP) is 2.29. The highest BCUT2D eigenvalue weighted by Gasteiger charge is 2.35. The van der Waals surface area contributed by atoms with Gasteiger partial charge in [-0.2, -0.15) is 0 Å². The first-order valence-corrected chi connectivity index (χ1v) is 12.0. The first-order chi connectivity index (χ1) is 16.4. The molecule has 9 nitrogen and oxygen atoms in total. The van der Waals surface area contributed by atoms with Crippen molar-refractivity contribution in [2.75, 3.05) is 13.7 Å². The Hall–Kier alpha value is -3.07. The molecule has 3 amide bonds. The van der Waals surface area contributed by atoms with Crippen molar-refractivity contribution in [2.45, 2.75) is 50.6 Å². The summed E-state index contributed by atoms with van der Waals surface area (Å²) < 4.78 is 4.87. The topological polar surface area (TPSA) is 129 Å². The number of nitrogens with one attached hydrogen (secondary N) is 4. The number of rotatable bonds is 9. The van der Waals surface area contributed by atoms with E-state index in [1.165, 1.54) is 7.11 Å². The molecule has 3 atom stereocenters. The van der Waals surface area contributed by atoms with Crippen molar-refractivity contribution in [1.29, 1.82) is 0 Å². The van der Waals surface area contributed by atoms with Crippen LogP contribution >= 0.6 is 11.6 Å². The number of carbonyl (C=O) groups excluding carboxylic acids is 4. The van der Waals surface area contributed by atoms with E-state index in [9.17, 15) is 19.2 Å². The quantitative estimate of drug-likeness (QED) is 0.402. The van der Waals surface area contributed by atoms with E-state index in [2.05, 4.69) is 20.9 Å². The van der Waals surface area contributed by atoms with Gasteiger partial charge >= 0.3 is 5.97 Å². The monoisotopic (exact) mass is 488 g/mol. The van der Waals surface area contributed by atoms with E-state index in [1.807, 2.05) is 6.07 Å². The van der Waals surface area contributed by atoms with Gasteiger partial charge in [0.15, 0.2) is 0 Å². The molecule has 0 radical (unpaired) electrons. The van der Waals surface area contributed by atoms with Gasteiger partial charge in [-0.1, -0.05) is 36.6 Å². The molecule has 2 heterocycles. The first-order valence-electron chi connectivity index (χ1n) is 11.6. The smallest absolute Gasteiger partial charge is 0.328 e. The number of piperidine rings is 1. The van der Waals surface area contributed by atoms with Crippen LogP contribution in [0.15, 0.2) is 24.3 Å². The second-order valence-electron chi connectivity index (χ2n) is 9.04. The van der Waals surface area contributed by atoms with Gasteiger partial charge in [-0.3, -0.25) is 14.4 Å². The molecule has 1 aromatic carbocycles. The van der Waals surface area contributed by atoms with E-state index in [1.54, 1.807) is 18.2 Å². The van der Waals surface area contributed by atoms with Crippen LogP contribution in [0.4, 0.5) is 0 Å². The molecule has 1 aliphatic heterocycles. The fraction of sp³-hybridized carbons (Fsp3) is 0.500. The standard InChI is InChI=1S/C24H29ClN4O5/c1-34-24(33)19(12-15-5-3-9-26-21(15)30)29-22(31)17(10-13-7-8-13)28-23(32)18-11-14-4-2-6-16(25)20(14)27-18/h2,4,6,11,13,15,17,19,27H,3,5,7-10,12H2,1H3,(H,26,30)(H,28,32)(H,29,31). The Morgan fingerprint density at radius 1 is 1.15 bits per heavy atom. The van der Waals surface area contributed by atoms with E-state index < -0.39 is 29.9 Å². The Morgan fingerprint density at radius 2 is 1.94 bits per heavy atom. The van der Waals surface area contributed by atoms with Crippen molar-refractivity contribution >= 4 is 46.2 Å². The molecular weight excluding hydrogens is 460 g/mol. The fourth-order valence-electron chi connectivity index (χ4n) is 4.37. The lowest BCUT2D eigenvalue weighted by atomic mass is 9.91. The van der Waals surface area contributed by atoms with Gasteiger partial charge in [-0.25, -0.2) is 4.79 Å². The minimum absolute atomic E-state index is 0.130. The van der Waals surface area contributed by atoms with Gasteiger partial charge in [0.1, 0.15) is 17.8 Å². The average molecular weight is 489 g/mol. The van der Waals surface area contributed by atoms with E-state index >= 15 is 0 Å². The summed E-state index contributed by atoms with van der Waals surface area (Å²) in [4.78, 5) is 53.7. The third-order valence-corrected chi connectivity index (χ3v) is 6.77. The Kier molecular flexibility index (Phi) is 7.41. The lowest BCUT2D eigenvalue weighted by Gasteiger charge is -2.27. The number of halogens is 1. The summed E-state index contributed by atoms with van der Waals surface area (Å²) in [7, 11) is 1.24. The normalized spacial score (nSPS) is 19.7. The maximum Gasteiger partial charge on any atom is 0.328 e. The van der Waals surface area contributed by atoms with Crippen LogP contribution in [0.25, 0.3) is 10.9 Å². The van der Waals surface area contributed by atoms with Crippen LogP contribution in [0.2, 0.25) is 5.02 Å². The van der Waals surface area contributed by atoms with Gasteiger partial charge in [0.2, 0.25) is 11.8 Å². The number of aromatic nitrogens is 1. The molecule has 1 saturated carbocycles. The van der Waals surface area contributed by atoms with Crippen molar-refractivity contribution in [2.24, 2.45) is 11.8 Å². The molecule has 4 N–H and O–H groups in total. The number of ether oxygens (including phenoxy) is 1. The number of amides is 3. The molecule has 0 bridgehead atoms. The molecule has 2 aliphatic rings. The van der Waals surface area contributed by atoms with Gasteiger partial charge in [0, 0.05) is 17.8 Å². The Balaban J connectivity index is 1.46. The minimum Gasteiger partial charge on any atom is -0.467 e. The Labute approximate surface area is 202 Å². The highest BCUT2D eigenvalue weighted by molar-refractivity contribution is 6.35. The second kappa shape index (κ2) is 10.5. The molecule has 2 aromatic rings. The number of hydrogen-bond acceptors (Lipinski definition) is 5. The van der Waals surface area contributed by atoms with Crippen LogP contribution in [-0.4, -0.2) is 54.4 Å². The number of methoxy groups -OCH3 is 1. The van der Waals surface area contributed by atoms with E-state index in [-0.39, 0.29) is 18.2 Å². The summed E-state index contributed by atoms with van der Waals surface area (Å²) in [6, 6.07) is 5.24. The first kappa shape index (κ1) is 24.1. The van der Waals surface area contributed by atoms with Crippen LogP contribution in [0, 0.1) is 11.8 Å². The summed E-state index contributed by atoms with van der Waals surface area (Å²) in [5, 5.41) is 9.60. The zero-order valence-corrected chi connectivity index (χ0v) is 19.7. The number of esters is 1. The van der Waals surface area contributed by atoms with Gasteiger partial charge in [-0.05, 0) is 43.7 Å². The van der Waals surface area contributed by atoms with Crippen LogP contribution in [0.1, 0.15) is 49.0 Å². The second-order valence-corrected chi connectivity index (χ2v) is 9.45. The van der Waals surface area contributed by atoms with Crippen LogP contribution < -0.4 is 16.0 Å². The number of para-hydroxylation sites is 1. The van der Waals surface area contributed by atoms with Gasteiger partial charge in [0.25, 0.3) is 5.91 Å². The molecule has 2 fully saturated rings. The van der Waals surface area contributed by atoms with Crippen LogP contribution in [0.5, 0.6) is 0 Å². The van der Waals surface area contributed by atoms with Crippen molar-refractivity contribution in [3.05, 3.63) is 35.0 Å². The highest BCUT2D eigenvalue weighted by atomic mass is 35.5. The van der Waals surface area contributed by atoms with Crippen LogP contribution in [0.3, 0.4) is 0 Å². The largest absolute Gasteiger partial charge is 0.467 e. The Morgan fingerprint density at radius 3 is 2.62 bits per heavy atom. The maximum absolute atomic E-state index is 13.2. The van der Waals surface area contributed by atoms with E-state index in [0.29, 0.717) is 41.5 Å². The minimum atomic E-state index is -0.975. The van der Waals surface area contributed by atoms with Gasteiger partial charge < -0.3 is 25.7 Å². The van der Waals surface area contributed by atoms with E-state index in [4.69, 9.17) is 16.3 Å². The van der Waals surface area contributed by atoms with Crippen LogP contribution in [-0.2, 0) is 19.1 Å². The highest BCUT2D eigenvalue weighted by Crippen LogP contribution is 2.34. The number of benzene rings is 1. The van der Waals surface area contributed by atoms with Crippen molar-refractivity contribution in [3.8, 4) is 0 Å². The summed E-state index contributed by atoms with van der Waals surface area (Å²) in [5.74, 6) is -1.70. The summed E-state index contributed by atoms with van der Waals surface area (Å²) in [6.07, 6.45) is 4.05. The molecule has 1 saturated heterocycles. The van der Waals surface area contributed by atoms with Gasteiger partial charge in [0.05, 0.1) is 17.6 Å². The third kappa shape index (κ3) is 5.70. The molecule has 1 aliphatic carbocycles. The van der Waals surface area contributed by atoms with Crippen molar-refractivity contribution in [3.63, 3.8) is 0 Å². The molecule has 4 rings (SSSR count). The molecule has 3 unspecified atom stereocenters. The number of fused-ring (bicyclic) bond motifs is 1. The summed E-state index contributed by atoms with van der Waals surface area (Å²) in [6.45, 7) is 0.610. The molecule has 34 heavy (non-hydrogen) atoms. The molecular formula is C24H29ClN4O5. The van der Waals surface area contributed by atoms with Crippen molar-refractivity contribution in [1.82, 2.24) is 20.9 Å². The number of carbonyl (C=O) groups is 4. The van der Waals surface area contributed by atoms with E-state index in [0.717, 1.165) is 24.6 Å². The number of hydrogen-bond donors (Lipinski definition) is 4. The zero-order valence-electron chi connectivity index (χ0n) is 19.0. The lowest BCUT2D eigenvalue weighted by Crippen LogP contribution is -2.53. The van der Waals surface area contributed by atoms with Crippen molar-refractivity contribution < 1.29 is 23.9 Å². The lowest BCUT2D eigenvalue weighted by molar-refractivity contribution is -0.146. The molecule has 0 spiro atoms. The molecule has 10 heteroatoms. The number of H-pyrrole nitrogens is 1. The number of aromatic amines is 1. The SMILES string of the molecule is COC(=O)C(CC1CCCNC1=O)NC(=O)C(CC1CC1)NC(=O)c1cc2cccc(Cl)c2[nH]1. The Bertz CT molecular complexity index is 1100. The third-order valence-electron chi connectivity index (χ3n) is 6.46. The average Bonchev–Trinajstić information content (AvgIpc) is 3.53. The summed E-state index contributed by atoms with van der Waals surface area (Å²) in [5.41, 5.74) is 0.939. The molecule has 1 aromatic heterocycles. The zero-order chi connectivity index (χ0) is 24.2. The fourth-order valence-corrected chi connectivity index (χ4v) is 4.60. The summed E-state index contributed by atoms with van der Waals surface area (Å²) >= 11 is 6.20. The molecule has 182 valence electrons. The van der Waals surface area contributed by atoms with Gasteiger partial charge in [-0.15, -0.1) is 0 Å².